The van der Waals surface area contributed by atoms with Crippen molar-refractivity contribution in [1.82, 2.24) is 0 Å². The van der Waals surface area contributed by atoms with Crippen LogP contribution in [0.1, 0.15) is 16.8 Å². The van der Waals surface area contributed by atoms with Crippen molar-refractivity contribution in [3.8, 4) is 16.9 Å². The largest absolute Gasteiger partial charge is 0.493 e. The number of ether oxygens (including phenoxy) is 2. The highest BCUT2D eigenvalue weighted by molar-refractivity contribution is 7.08. The molecule has 3 aromatic rings. The Labute approximate surface area is 161 Å². The van der Waals surface area contributed by atoms with Crippen molar-refractivity contribution in [2.45, 2.75) is 6.42 Å². The third kappa shape index (κ3) is 4.95. The van der Waals surface area contributed by atoms with Crippen LogP contribution >= 0.6 is 11.3 Å². The van der Waals surface area contributed by atoms with Gasteiger partial charge in [0.2, 0.25) is 5.91 Å². The van der Waals surface area contributed by atoms with Crippen LogP contribution in [-0.2, 0) is 9.53 Å². The van der Waals surface area contributed by atoms with Gasteiger partial charge >= 0.3 is 5.97 Å². The topological polar surface area (TPSA) is 64.6 Å². The third-order valence-corrected chi connectivity index (χ3v) is 4.64. The smallest absolute Gasteiger partial charge is 0.340 e. The molecule has 0 saturated carbocycles. The molecule has 6 heteroatoms. The van der Waals surface area contributed by atoms with Gasteiger partial charge in [-0.15, -0.1) is 11.3 Å². The lowest BCUT2D eigenvalue weighted by Gasteiger charge is -2.08. The van der Waals surface area contributed by atoms with E-state index in [-0.39, 0.29) is 18.9 Å². The Hall–Kier alpha value is -3.12. The summed E-state index contributed by atoms with van der Waals surface area (Å²) < 4.78 is 10.3. The Morgan fingerprint density at radius 3 is 2.37 bits per heavy atom. The molecule has 0 saturated heterocycles. The maximum Gasteiger partial charge on any atom is 0.340 e. The van der Waals surface area contributed by atoms with E-state index < -0.39 is 5.97 Å². The number of amides is 1. The van der Waals surface area contributed by atoms with Gasteiger partial charge in [0.15, 0.2) is 0 Å². The predicted octanol–water partition coefficient (Wildman–Crippen LogP) is 4.61. The lowest BCUT2D eigenvalue weighted by atomic mass is 10.1. The van der Waals surface area contributed by atoms with Crippen molar-refractivity contribution in [2.75, 3.05) is 19.0 Å². The maximum atomic E-state index is 12.1. The first-order valence-electron chi connectivity index (χ1n) is 8.40. The van der Waals surface area contributed by atoms with E-state index in [1.54, 1.807) is 10.8 Å². The van der Waals surface area contributed by atoms with Crippen LogP contribution in [0.4, 0.5) is 5.69 Å². The van der Waals surface area contributed by atoms with E-state index >= 15 is 0 Å². The zero-order valence-electron chi connectivity index (χ0n) is 14.8. The van der Waals surface area contributed by atoms with E-state index in [0.717, 1.165) is 11.1 Å². The van der Waals surface area contributed by atoms with E-state index in [2.05, 4.69) is 10.1 Å². The van der Waals surface area contributed by atoms with Gasteiger partial charge in [-0.1, -0.05) is 42.5 Å². The Morgan fingerprint density at radius 1 is 0.963 bits per heavy atom. The number of hydrogen-bond acceptors (Lipinski definition) is 5. The zero-order chi connectivity index (χ0) is 19.1. The first kappa shape index (κ1) is 18.7. The molecule has 1 N–H and O–H groups in total. The number of carbonyl (C=O) groups excluding carboxylic acids is 2. The second-order valence-corrected chi connectivity index (χ2v) is 6.47. The minimum Gasteiger partial charge on any atom is -0.493 e. The van der Waals surface area contributed by atoms with Crippen LogP contribution in [0, 0.1) is 0 Å². The summed E-state index contributed by atoms with van der Waals surface area (Å²) in [6.45, 7) is 0.244. The minimum atomic E-state index is -0.471. The standard InChI is InChI=1S/C21H19NO4S/c1-25-21(24)18-13-27-14-19(18)22-20(23)11-12-26-17-9-7-16(8-10-17)15-5-3-2-4-6-15/h2-10,13-14H,11-12H2,1H3,(H,22,23). The summed E-state index contributed by atoms with van der Waals surface area (Å²) >= 11 is 1.33. The van der Waals surface area contributed by atoms with Gasteiger partial charge in [-0.2, -0.15) is 0 Å². The van der Waals surface area contributed by atoms with Crippen LogP contribution in [0.3, 0.4) is 0 Å². The van der Waals surface area contributed by atoms with E-state index in [1.807, 2.05) is 54.6 Å². The molecule has 0 radical (unpaired) electrons. The highest BCUT2D eigenvalue weighted by Crippen LogP contribution is 2.23. The molecule has 0 atom stereocenters. The van der Waals surface area contributed by atoms with Crippen molar-refractivity contribution < 1.29 is 19.1 Å². The Bertz CT molecular complexity index is 903. The van der Waals surface area contributed by atoms with Gasteiger partial charge in [-0.3, -0.25) is 4.79 Å². The molecule has 0 aliphatic rings. The first-order valence-corrected chi connectivity index (χ1v) is 9.34. The number of methoxy groups -OCH3 is 1. The Balaban J connectivity index is 1.49. The summed E-state index contributed by atoms with van der Waals surface area (Å²) in [7, 11) is 1.31. The monoisotopic (exact) mass is 381 g/mol. The van der Waals surface area contributed by atoms with Crippen molar-refractivity contribution in [3.63, 3.8) is 0 Å². The summed E-state index contributed by atoms with van der Waals surface area (Å²) in [5.74, 6) is 0.00836. The fourth-order valence-electron chi connectivity index (χ4n) is 2.51. The quantitative estimate of drug-likeness (QED) is 0.607. The normalized spacial score (nSPS) is 10.3. The first-order chi connectivity index (χ1) is 13.2. The highest BCUT2D eigenvalue weighted by Gasteiger charge is 2.15. The van der Waals surface area contributed by atoms with E-state index in [4.69, 9.17) is 4.74 Å². The minimum absolute atomic E-state index is 0.177. The van der Waals surface area contributed by atoms with Gasteiger partial charge in [0, 0.05) is 10.8 Å². The maximum absolute atomic E-state index is 12.1. The average Bonchev–Trinajstić information content (AvgIpc) is 3.16. The SMILES string of the molecule is COC(=O)c1cscc1NC(=O)CCOc1ccc(-c2ccccc2)cc1. The molecular weight excluding hydrogens is 362 g/mol. The molecule has 1 heterocycles. The van der Waals surface area contributed by atoms with Crippen LogP contribution in [0.25, 0.3) is 11.1 Å². The van der Waals surface area contributed by atoms with Crippen molar-refractivity contribution in [3.05, 3.63) is 70.9 Å². The van der Waals surface area contributed by atoms with Crippen molar-refractivity contribution in [2.24, 2.45) is 0 Å². The van der Waals surface area contributed by atoms with Gasteiger partial charge in [-0.05, 0) is 23.3 Å². The lowest BCUT2D eigenvalue weighted by Crippen LogP contribution is -2.16. The predicted molar refractivity (Wildman–Crippen MR) is 106 cm³/mol. The lowest BCUT2D eigenvalue weighted by molar-refractivity contribution is -0.116. The number of esters is 1. The molecular formula is C21H19NO4S. The van der Waals surface area contributed by atoms with Gasteiger partial charge in [0.1, 0.15) is 5.75 Å². The summed E-state index contributed by atoms with van der Waals surface area (Å²) in [6.07, 6.45) is 0.177. The molecule has 3 rings (SSSR count). The molecule has 0 unspecified atom stereocenters. The molecule has 2 aromatic carbocycles. The molecule has 0 aliphatic heterocycles. The van der Waals surface area contributed by atoms with Gasteiger partial charge < -0.3 is 14.8 Å². The molecule has 27 heavy (non-hydrogen) atoms. The number of nitrogens with one attached hydrogen (secondary N) is 1. The van der Waals surface area contributed by atoms with Crippen molar-refractivity contribution >= 4 is 28.9 Å². The molecule has 138 valence electrons. The number of hydrogen-bond donors (Lipinski definition) is 1. The number of anilines is 1. The van der Waals surface area contributed by atoms with Gasteiger partial charge in [-0.25, -0.2) is 4.79 Å². The summed E-state index contributed by atoms with van der Waals surface area (Å²) in [4.78, 5) is 23.7. The number of carbonyl (C=O) groups is 2. The van der Waals surface area contributed by atoms with Crippen molar-refractivity contribution in [1.29, 1.82) is 0 Å². The van der Waals surface area contributed by atoms with Gasteiger partial charge in [0.25, 0.3) is 0 Å². The third-order valence-electron chi connectivity index (χ3n) is 3.90. The molecule has 0 spiro atoms. The van der Waals surface area contributed by atoms with Crippen LogP contribution in [-0.4, -0.2) is 25.6 Å². The van der Waals surface area contributed by atoms with Crippen LogP contribution in [0.5, 0.6) is 5.75 Å². The second-order valence-electron chi connectivity index (χ2n) is 5.73. The highest BCUT2D eigenvalue weighted by atomic mass is 32.1. The molecule has 1 aromatic heterocycles. The second kappa shape index (κ2) is 9.00. The molecule has 1 amide bonds. The fourth-order valence-corrected chi connectivity index (χ4v) is 3.26. The molecule has 5 nitrogen and oxygen atoms in total. The summed E-state index contributed by atoms with van der Waals surface area (Å²) in [5, 5.41) is 6.06. The summed E-state index contributed by atoms with van der Waals surface area (Å²) in [5.41, 5.74) is 3.06. The van der Waals surface area contributed by atoms with Crippen LogP contribution in [0.2, 0.25) is 0 Å². The molecule has 0 aliphatic carbocycles. The number of thiophene rings is 1. The van der Waals surface area contributed by atoms with Crippen LogP contribution in [0.15, 0.2) is 65.4 Å². The summed E-state index contributed by atoms with van der Waals surface area (Å²) in [6, 6.07) is 17.8. The molecule has 0 bridgehead atoms. The molecule has 0 fully saturated rings. The number of rotatable bonds is 7. The zero-order valence-corrected chi connectivity index (χ0v) is 15.6. The van der Waals surface area contributed by atoms with E-state index in [9.17, 15) is 9.59 Å². The average molecular weight is 381 g/mol. The Kier molecular flexibility index (Phi) is 6.22. The van der Waals surface area contributed by atoms with E-state index in [1.165, 1.54) is 18.4 Å². The van der Waals surface area contributed by atoms with E-state index in [0.29, 0.717) is 17.0 Å². The fraction of sp³-hybridized carbons (Fsp3) is 0.143. The Morgan fingerprint density at radius 2 is 1.67 bits per heavy atom. The van der Waals surface area contributed by atoms with Crippen LogP contribution < -0.4 is 10.1 Å². The number of benzene rings is 2. The van der Waals surface area contributed by atoms with Gasteiger partial charge in [0.05, 0.1) is 31.4 Å².